The first-order valence-corrected chi connectivity index (χ1v) is 6.01. The maximum atomic E-state index is 12.0. The number of nitrogens with two attached hydrogens (primary N) is 1. The predicted molar refractivity (Wildman–Crippen MR) is 56.8 cm³/mol. The SMILES string of the molecule is Cc1[nH]ncc1S(=O)(=O)N(C)CC(C)N. The lowest BCUT2D eigenvalue weighted by atomic mass is 10.4. The van der Waals surface area contributed by atoms with Crippen molar-refractivity contribution in [1.82, 2.24) is 14.5 Å². The van der Waals surface area contributed by atoms with Crippen LogP contribution in [0.2, 0.25) is 0 Å². The van der Waals surface area contributed by atoms with E-state index >= 15 is 0 Å². The molecule has 3 N–H and O–H groups in total. The lowest BCUT2D eigenvalue weighted by molar-refractivity contribution is 0.445. The number of aryl methyl sites for hydroxylation is 1. The lowest BCUT2D eigenvalue weighted by Gasteiger charge is -2.18. The minimum Gasteiger partial charge on any atom is -0.327 e. The van der Waals surface area contributed by atoms with E-state index in [2.05, 4.69) is 10.2 Å². The quantitative estimate of drug-likeness (QED) is 0.744. The fourth-order valence-electron chi connectivity index (χ4n) is 1.27. The molecule has 1 aromatic heterocycles. The molecule has 1 atom stereocenters. The predicted octanol–water partition coefficient (Wildman–Crippen LogP) is -0.314. The van der Waals surface area contributed by atoms with Gasteiger partial charge in [0.25, 0.3) is 0 Å². The van der Waals surface area contributed by atoms with Gasteiger partial charge in [-0.25, -0.2) is 8.42 Å². The molecule has 0 aliphatic rings. The number of sulfonamides is 1. The van der Waals surface area contributed by atoms with Crippen molar-refractivity contribution in [3.05, 3.63) is 11.9 Å². The largest absolute Gasteiger partial charge is 0.327 e. The molecule has 0 bridgehead atoms. The molecule has 86 valence electrons. The molecule has 15 heavy (non-hydrogen) atoms. The first kappa shape index (κ1) is 12.2. The van der Waals surface area contributed by atoms with Gasteiger partial charge in [0, 0.05) is 19.6 Å². The number of hydrogen-bond donors (Lipinski definition) is 2. The van der Waals surface area contributed by atoms with Gasteiger partial charge in [-0.2, -0.15) is 9.40 Å². The van der Waals surface area contributed by atoms with E-state index in [0.717, 1.165) is 0 Å². The van der Waals surface area contributed by atoms with Gasteiger partial charge in [-0.1, -0.05) is 0 Å². The van der Waals surface area contributed by atoms with E-state index in [9.17, 15) is 8.42 Å². The van der Waals surface area contributed by atoms with E-state index in [4.69, 9.17) is 5.73 Å². The van der Waals surface area contributed by atoms with Crippen molar-refractivity contribution in [2.24, 2.45) is 5.73 Å². The Kier molecular flexibility index (Phi) is 3.48. The number of aromatic amines is 1. The lowest BCUT2D eigenvalue weighted by Crippen LogP contribution is -2.37. The molecule has 1 heterocycles. The van der Waals surface area contributed by atoms with Gasteiger partial charge in [-0.05, 0) is 13.8 Å². The van der Waals surface area contributed by atoms with Crippen molar-refractivity contribution in [3.8, 4) is 0 Å². The van der Waals surface area contributed by atoms with Gasteiger partial charge in [0.05, 0.1) is 11.9 Å². The number of nitrogens with zero attached hydrogens (tertiary/aromatic N) is 2. The third-order valence-electron chi connectivity index (χ3n) is 2.02. The summed E-state index contributed by atoms with van der Waals surface area (Å²) in [5.41, 5.74) is 6.09. The molecule has 0 fully saturated rings. The number of H-pyrrole nitrogens is 1. The maximum absolute atomic E-state index is 12.0. The van der Waals surface area contributed by atoms with Gasteiger partial charge in [0.1, 0.15) is 4.90 Å². The molecule has 6 nitrogen and oxygen atoms in total. The van der Waals surface area contributed by atoms with Crippen LogP contribution in [-0.4, -0.2) is 42.6 Å². The first-order valence-electron chi connectivity index (χ1n) is 4.57. The van der Waals surface area contributed by atoms with Crippen molar-refractivity contribution in [2.75, 3.05) is 13.6 Å². The van der Waals surface area contributed by atoms with Crippen LogP contribution in [0.1, 0.15) is 12.6 Å². The van der Waals surface area contributed by atoms with Crippen molar-refractivity contribution in [2.45, 2.75) is 24.8 Å². The van der Waals surface area contributed by atoms with Crippen LogP contribution in [0.15, 0.2) is 11.1 Å². The zero-order valence-electron chi connectivity index (χ0n) is 9.06. The Labute approximate surface area is 89.5 Å². The van der Waals surface area contributed by atoms with Crippen molar-refractivity contribution in [1.29, 1.82) is 0 Å². The van der Waals surface area contributed by atoms with Crippen molar-refractivity contribution in [3.63, 3.8) is 0 Å². The smallest absolute Gasteiger partial charge is 0.246 e. The molecular weight excluding hydrogens is 216 g/mol. The monoisotopic (exact) mass is 232 g/mol. The summed E-state index contributed by atoms with van der Waals surface area (Å²) in [6.45, 7) is 3.71. The van der Waals surface area contributed by atoms with E-state index in [-0.39, 0.29) is 17.5 Å². The standard InChI is InChI=1S/C8H16N4O2S/c1-6(9)5-12(3)15(13,14)8-4-10-11-7(8)2/h4,6H,5,9H2,1-3H3,(H,10,11). The highest BCUT2D eigenvalue weighted by Gasteiger charge is 2.24. The Morgan fingerprint density at radius 1 is 1.67 bits per heavy atom. The van der Waals surface area contributed by atoms with Gasteiger partial charge >= 0.3 is 0 Å². The first-order chi connectivity index (χ1) is 6.85. The number of hydrogen-bond acceptors (Lipinski definition) is 4. The second kappa shape index (κ2) is 4.30. The maximum Gasteiger partial charge on any atom is 0.246 e. The van der Waals surface area contributed by atoms with Crippen LogP contribution in [0, 0.1) is 6.92 Å². The van der Waals surface area contributed by atoms with Crippen LogP contribution in [0.3, 0.4) is 0 Å². The summed E-state index contributed by atoms with van der Waals surface area (Å²) in [4.78, 5) is 0.200. The summed E-state index contributed by atoms with van der Waals surface area (Å²) in [5.74, 6) is 0. The van der Waals surface area contributed by atoms with Crippen LogP contribution in [0.25, 0.3) is 0 Å². The zero-order valence-corrected chi connectivity index (χ0v) is 9.87. The number of nitrogens with one attached hydrogen (secondary N) is 1. The number of likely N-dealkylation sites (N-methyl/N-ethyl adjacent to an activating group) is 1. The third-order valence-corrected chi connectivity index (χ3v) is 3.95. The van der Waals surface area contributed by atoms with Crippen LogP contribution in [-0.2, 0) is 10.0 Å². The summed E-state index contributed by atoms with van der Waals surface area (Å²) in [6.07, 6.45) is 1.31. The fourth-order valence-corrected chi connectivity index (χ4v) is 2.66. The fraction of sp³-hybridized carbons (Fsp3) is 0.625. The Hall–Kier alpha value is -0.920. The van der Waals surface area contributed by atoms with Crippen LogP contribution < -0.4 is 5.73 Å². The van der Waals surface area contributed by atoms with Gasteiger partial charge in [-0.3, -0.25) is 5.10 Å². The molecule has 0 aliphatic heterocycles. The molecule has 0 amide bonds. The average Bonchev–Trinajstić information content (AvgIpc) is 2.50. The second-order valence-corrected chi connectivity index (χ2v) is 5.64. The molecule has 0 saturated heterocycles. The molecule has 7 heteroatoms. The number of rotatable bonds is 4. The normalized spacial score (nSPS) is 14.5. The van der Waals surface area contributed by atoms with E-state index in [1.807, 2.05) is 0 Å². The minimum absolute atomic E-state index is 0.197. The zero-order chi connectivity index (χ0) is 11.6. The van der Waals surface area contributed by atoms with Crippen molar-refractivity contribution < 1.29 is 8.42 Å². The molecule has 1 aromatic rings. The summed E-state index contributed by atoms with van der Waals surface area (Å²) < 4.78 is 25.2. The summed E-state index contributed by atoms with van der Waals surface area (Å²) in [5, 5.41) is 6.28. The highest BCUT2D eigenvalue weighted by molar-refractivity contribution is 7.89. The third kappa shape index (κ3) is 2.55. The Balaban J connectivity index is 2.99. The molecule has 0 aliphatic carbocycles. The molecule has 0 radical (unpaired) electrons. The van der Waals surface area contributed by atoms with Gasteiger partial charge < -0.3 is 5.73 Å². The highest BCUT2D eigenvalue weighted by Crippen LogP contribution is 2.15. The molecule has 1 rings (SSSR count). The van der Waals surface area contributed by atoms with Crippen LogP contribution >= 0.6 is 0 Å². The second-order valence-electron chi connectivity index (χ2n) is 3.62. The highest BCUT2D eigenvalue weighted by atomic mass is 32.2. The van der Waals surface area contributed by atoms with Crippen molar-refractivity contribution >= 4 is 10.0 Å². The van der Waals surface area contributed by atoms with E-state index in [1.165, 1.54) is 17.5 Å². The number of aromatic nitrogens is 2. The molecule has 0 aromatic carbocycles. The van der Waals surface area contributed by atoms with E-state index < -0.39 is 10.0 Å². The average molecular weight is 232 g/mol. The van der Waals surface area contributed by atoms with Gasteiger partial charge in [0.2, 0.25) is 10.0 Å². The molecular formula is C8H16N4O2S. The Morgan fingerprint density at radius 2 is 2.27 bits per heavy atom. The summed E-state index contributed by atoms with van der Waals surface area (Å²) in [6, 6.07) is -0.197. The minimum atomic E-state index is -3.46. The molecule has 0 saturated carbocycles. The van der Waals surface area contributed by atoms with Gasteiger partial charge in [0.15, 0.2) is 0 Å². The topological polar surface area (TPSA) is 92.1 Å². The Morgan fingerprint density at radius 3 is 2.67 bits per heavy atom. The molecule has 0 spiro atoms. The Bertz CT molecular complexity index is 424. The molecule has 1 unspecified atom stereocenters. The van der Waals surface area contributed by atoms with Crippen LogP contribution in [0.5, 0.6) is 0 Å². The van der Waals surface area contributed by atoms with Gasteiger partial charge in [-0.15, -0.1) is 0 Å². The van der Waals surface area contributed by atoms with Crippen LogP contribution in [0.4, 0.5) is 0 Å². The van der Waals surface area contributed by atoms with E-state index in [0.29, 0.717) is 5.69 Å². The summed E-state index contributed by atoms with van der Waals surface area (Å²) >= 11 is 0. The summed E-state index contributed by atoms with van der Waals surface area (Å²) in [7, 11) is -1.96. The van der Waals surface area contributed by atoms with E-state index in [1.54, 1.807) is 13.8 Å².